The Bertz CT molecular complexity index is 640. The Hall–Kier alpha value is -1.25. The smallest absolute Gasteiger partial charge is 0.166 e. The molecular weight excluding hydrogens is 409 g/mol. The summed E-state index contributed by atoms with van der Waals surface area (Å²) >= 11 is 1.99. The van der Waals surface area contributed by atoms with Crippen LogP contribution in [-0.4, -0.2) is 0 Å². The van der Waals surface area contributed by atoms with Gasteiger partial charge < -0.3 is 0 Å². The second-order valence-electron chi connectivity index (χ2n) is 4.26. The highest BCUT2D eigenvalue weighted by Crippen LogP contribution is 2.40. The van der Waals surface area contributed by atoms with Crippen LogP contribution >= 0.6 is 22.6 Å². The quantitative estimate of drug-likeness (QED) is 0.396. The summed E-state index contributed by atoms with van der Waals surface area (Å²) in [6, 6.07) is 7.73. The Morgan fingerprint density at radius 1 is 0.714 bits per heavy atom. The first-order valence-corrected chi connectivity index (χ1v) is 6.71. The van der Waals surface area contributed by atoms with E-state index in [-0.39, 0.29) is 17.2 Å². The zero-order valence-corrected chi connectivity index (χ0v) is 12.3. The molecule has 2 rings (SSSR count). The van der Waals surface area contributed by atoms with Gasteiger partial charge in [-0.25, -0.2) is 0 Å². The average Bonchev–Trinajstić information content (AvgIpc) is 2.37. The van der Waals surface area contributed by atoms with E-state index in [1.807, 2.05) is 22.6 Å². The molecule has 0 nitrogen and oxygen atoms in total. The summed E-state index contributed by atoms with van der Waals surface area (Å²) < 4.78 is 77.6. The van der Waals surface area contributed by atoms with Gasteiger partial charge in [0, 0.05) is 3.57 Å². The summed E-state index contributed by atoms with van der Waals surface area (Å²) in [5.41, 5.74) is -2.66. The third-order valence-electron chi connectivity index (χ3n) is 2.81. The molecule has 0 aromatic heterocycles. The van der Waals surface area contributed by atoms with E-state index in [0.29, 0.717) is 6.07 Å². The second kappa shape index (κ2) is 5.51. The van der Waals surface area contributed by atoms with E-state index < -0.39 is 23.5 Å². The molecule has 0 N–H and O–H groups in total. The molecule has 0 atom stereocenters. The molecule has 0 aliphatic rings. The first-order valence-electron chi connectivity index (χ1n) is 5.63. The van der Waals surface area contributed by atoms with E-state index in [9.17, 15) is 26.3 Å². The van der Waals surface area contributed by atoms with Crippen molar-refractivity contribution in [3.8, 4) is 11.1 Å². The van der Waals surface area contributed by atoms with Crippen LogP contribution < -0.4 is 0 Å². The topological polar surface area (TPSA) is 0 Å². The highest BCUT2D eigenvalue weighted by molar-refractivity contribution is 14.1. The van der Waals surface area contributed by atoms with Crippen molar-refractivity contribution in [2.24, 2.45) is 0 Å². The van der Waals surface area contributed by atoms with Crippen LogP contribution in [0.1, 0.15) is 11.1 Å². The lowest BCUT2D eigenvalue weighted by molar-refractivity contribution is -0.142. The van der Waals surface area contributed by atoms with Crippen LogP contribution in [0, 0.1) is 3.57 Å². The molecule has 21 heavy (non-hydrogen) atoms. The number of benzene rings is 2. The molecular formula is C14H7F6I. The molecule has 0 fully saturated rings. The predicted octanol–water partition coefficient (Wildman–Crippen LogP) is 6.00. The van der Waals surface area contributed by atoms with Crippen molar-refractivity contribution in [2.45, 2.75) is 12.4 Å². The van der Waals surface area contributed by atoms with Crippen molar-refractivity contribution in [1.82, 2.24) is 0 Å². The largest absolute Gasteiger partial charge is 0.417 e. The highest BCUT2D eigenvalue weighted by atomic mass is 127. The Balaban J connectivity index is 2.63. The van der Waals surface area contributed by atoms with Gasteiger partial charge in [-0.15, -0.1) is 0 Å². The highest BCUT2D eigenvalue weighted by Gasteiger charge is 2.38. The van der Waals surface area contributed by atoms with Gasteiger partial charge in [0.2, 0.25) is 0 Å². The van der Waals surface area contributed by atoms with Crippen molar-refractivity contribution in [3.05, 3.63) is 57.2 Å². The number of alkyl halides is 6. The van der Waals surface area contributed by atoms with Crippen LogP contribution in [0.2, 0.25) is 0 Å². The van der Waals surface area contributed by atoms with Gasteiger partial charge in [-0.05, 0) is 58.0 Å². The summed E-state index contributed by atoms with van der Waals surface area (Å²) in [4.78, 5) is 0. The minimum absolute atomic E-state index is 0.146. The van der Waals surface area contributed by atoms with Gasteiger partial charge in [-0.3, -0.25) is 0 Å². The molecule has 0 saturated heterocycles. The van der Waals surface area contributed by atoms with Crippen molar-refractivity contribution >= 4 is 22.6 Å². The molecule has 112 valence electrons. The molecule has 7 heteroatoms. The van der Waals surface area contributed by atoms with E-state index in [0.717, 1.165) is 9.64 Å². The number of hydrogen-bond donors (Lipinski definition) is 0. The fourth-order valence-electron chi connectivity index (χ4n) is 1.84. The maximum atomic E-state index is 13.0. The summed E-state index contributed by atoms with van der Waals surface area (Å²) in [6.07, 6.45) is -9.68. The lowest BCUT2D eigenvalue weighted by Crippen LogP contribution is -2.12. The van der Waals surface area contributed by atoms with Gasteiger partial charge in [0.25, 0.3) is 0 Å². The monoisotopic (exact) mass is 416 g/mol. The van der Waals surface area contributed by atoms with Crippen LogP contribution in [0.15, 0.2) is 42.5 Å². The van der Waals surface area contributed by atoms with E-state index in [4.69, 9.17) is 0 Å². The van der Waals surface area contributed by atoms with Crippen LogP contribution in [0.25, 0.3) is 11.1 Å². The standard InChI is InChI=1S/C14H7F6I/c15-13(16,17)9-3-6-11(12(7-9)14(18,19)20)8-1-4-10(21)5-2-8/h1-7H. The number of rotatable bonds is 1. The lowest BCUT2D eigenvalue weighted by Gasteiger charge is -2.16. The minimum atomic E-state index is -4.86. The van der Waals surface area contributed by atoms with E-state index in [1.165, 1.54) is 12.1 Å². The fraction of sp³-hybridized carbons (Fsp3) is 0.143. The van der Waals surface area contributed by atoms with Crippen molar-refractivity contribution in [2.75, 3.05) is 0 Å². The normalized spacial score (nSPS) is 12.5. The van der Waals surface area contributed by atoms with E-state index in [2.05, 4.69) is 0 Å². The Morgan fingerprint density at radius 2 is 1.29 bits per heavy atom. The Kier molecular flexibility index (Phi) is 4.23. The van der Waals surface area contributed by atoms with Crippen molar-refractivity contribution in [1.29, 1.82) is 0 Å². The molecule has 0 aliphatic heterocycles. The molecule has 0 aliphatic carbocycles. The fourth-order valence-corrected chi connectivity index (χ4v) is 2.20. The lowest BCUT2D eigenvalue weighted by atomic mass is 9.97. The Labute approximate surface area is 129 Å². The van der Waals surface area contributed by atoms with E-state index >= 15 is 0 Å². The van der Waals surface area contributed by atoms with Crippen LogP contribution in [0.5, 0.6) is 0 Å². The molecule has 0 spiro atoms. The summed E-state index contributed by atoms with van der Waals surface area (Å²) in [6.45, 7) is 0. The van der Waals surface area contributed by atoms with Gasteiger partial charge in [0.15, 0.2) is 0 Å². The minimum Gasteiger partial charge on any atom is -0.166 e. The van der Waals surface area contributed by atoms with Crippen LogP contribution in [0.3, 0.4) is 0 Å². The Morgan fingerprint density at radius 3 is 1.76 bits per heavy atom. The zero-order valence-electron chi connectivity index (χ0n) is 10.2. The predicted molar refractivity (Wildman–Crippen MR) is 74.6 cm³/mol. The summed E-state index contributed by atoms with van der Waals surface area (Å²) in [5, 5.41) is 0. The zero-order chi connectivity index (χ0) is 15.8. The SMILES string of the molecule is FC(F)(F)c1ccc(-c2ccc(I)cc2)c(C(F)(F)F)c1. The second-order valence-corrected chi connectivity index (χ2v) is 5.51. The summed E-state index contributed by atoms with van der Waals surface area (Å²) in [5.74, 6) is 0. The summed E-state index contributed by atoms with van der Waals surface area (Å²) in [7, 11) is 0. The van der Waals surface area contributed by atoms with Gasteiger partial charge in [0.05, 0.1) is 11.1 Å². The molecule has 0 saturated carbocycles. The first kappa shape index (κ1) is 16.1. The van der Waals surface area contributed by atoms with Crippen molar-refractivity contribution < 1.29 is 26.3 Å². The first-order chi connectivity index (χ1) is 9.59. The molecule has 2 aromatic carbocycles. The molecule has 0 bridgehead atoms. The number of hydrogen-bond acceptors (Lipinski definition) is 0. The third-order valence-corrected chi connectivity index (χ3v) is 3.53. The molecule has 0 heterocycles. The molecule has 0 radical (unpaired) electrons. The van der Waals surface area contributed by atoms with Gasteiger partial charge in [-0.2, -0.15) is 26.3 Å². The average molecular weight is 416 g/mol. The molecule has 2 aromatic rings. The van der Waals surface area contributed by atoms with Gasteiger partial charge in [0.1, 0.15) is 0 Å². The molecule has 0 unspecified atom stereocenters. The van der Waals surface area contributed by atoms with Crippen molar-refractivity contribution in [3.63, 3.8) is 0 Å². The third kappa shape index (κ3) is 3.69. The maximum absolute atomic E-state index is 13.0. The van der Waals surface area contributed by atoms with E-state index in [1.54, 1.807) is 12.1 Å². The number of halogens is 7. The van der Waals surface area contributed by atoms with Crippen LogP contribution in [-0.2, 0) is 12.4 Å². The van der Waals surface area contributed by atoms with Gasteiger partial charge >= 0.3 is 12.4 Å². The van der Waals surface area contributed by atoms with Crippen LogP contribution in [0.4, 0.5) is 26.3 Å². The molecule has 0 amide bonds. The van der Waals surface area contributed by atoms with Gasteiger partial charge in [-0.1, -0.05) is 18.2 Å². The maximum Gasteiger partial charge on any atom is 0.417 e.